The van der Waals surface area contributed by atoms with Gasteiger partial charge in [-0.2, -0.15) is 0 Å². The van der Waals surface area contributed by atoms with Crippen LogP contribution < -0.4 is 5.43 Å². The van der Waals surface area contributed by atoms with E-state index in [1.165, 1.54) is 0 Å². The second kappa shape index (κ2) is 8.00. The van der Waals surface area contributed by atoms with Crippen molar-refractivity contribution in [2.75, 3.05) is 13.1 Å². The Morgan fingerprint density at radius 3 is 2.11 bits per heavy atom. The molecule has 0 saturated carbocycles. The molecule has 1 rings (SSSR count). The van der Waals surface area contributed by atoms with Crippen molar-refractivity contribution in [2.24, 2.45) is 0 Å². The van der Waals surface area contributed by atoms with Gasteiger partial charge in [-0.1, -0.05) is 66.7 Å². The van der Waals surface area contributed by atoms with E-state index in [0.717, 1.165) is 5.56 Å². The van der Waals surface area contributed by atoms with Crippen molar-refractivity contribution in [3.05, 3.63) is 59.1 Å². The van der Waals surface area contributed by atoms with Gasteiger partial charge in [0.05, 0.1) is 19.5 Å². The molecular weight excluding hydrogens is 283 g/mol. The third-order valence-electron chi connectivity index (χ3n) is 2.22. The first-order valence-corrected chi connectivity index (χ1v) is 6.48. The highest BCUT2D eigenvalue weighted by Gasteiger charge is 2.11. The number of halogens is 2. The normalized spacial score (nSPS) is 10.3. The van der Waals surface area contributed by atoms with E-state index < -0.39 is 0 Å². The minimum Gasteiger partial charge on any atom is -0.288 e. The smallest absolute Gasteiger partial charge is 0.238 e. The topological polar surface area (TPSA) is 32.3 Å². The van der Waals surface area contributed by atoms with Gasteiger partial charge < -0.3 is 0 Å². The van der Waals surface area contributed by atoms with Gasteiger partial charge in [-0.05, 0) is 5.56 Å². The van der Waals surface area contributed by atoms with Gasteiger partial charge in [-0.25, -0.2) is 5.01 Å². The van der Waals surface area contributed by atoms with E-state index in [1.807, 2.05) is 30.3 Å². The highest BCUT2D eigenvalue weighted by atomic mass is 35.5. The summed E-state index contributed by atoms with van der Waals surface area (Å²) in [5.74, 6) is -0.137. The highest BCUT2D eigenvalue weighted by molar-refractivity contribution is 6.30. The number of amides is 1. The van der Waals surface area contributed by atoms with E-state index in [0.29, 0.717) is 29.6 Å². The molecule has 1 aromatic rings. The molecule has 0 aliphatic rings. The molecule has 5 heteroatoms. The molecule has 1 N–H and O–H groups in total. The van der Waals surface area contributed by atoms with Crippen LogP contribution in [-0.4, -0.2) is 24.0 Å². The molecule has 3 nitrogen and oxygen atoms in total. The first-order chi connectivity index (χ1) is 8.97. The van der Waals surface area contributed by atoms with Crippen LogP contribution in [0.25, 0.3) is 0 Å². The maximum atomic E-state index is 11.9. The van der Waals surface area contributed by atoms with E-state index in [2.05, 4.69) is 18.6 Å². The molecule has 1 amide bonds. The zero-order chi connectivity index (χ0) is 14.3. The van der Waals surface area contributed by atoms with Gasteiger partial charge in [0, 0.05) is 10.1 Å². The molecule has 0 heterocycles. The molecule has 0 bridgehead atoms. The molecule has 0 aliphatic carbocycles. The second-order valence-corrected chi connectivity index (χ2v) is 5.16. The van der Waals surface area contributed by atoms with Gasteiger partial charge >= 0.3 is 0 Å². The van der Waals surface area contributed by atoms with Crippen molar-refractivity contribution in [3.63, 3.8) is 0 Å². The summed E-state index contributed by atoms with van der Waals surface area (Å²) in [6, 6.07) is 9.47. The molecule has 0 fully saturated rings. The number of nitrogens with zero attached hydrogens (tertiary/aromatic N) is 1. The first kappa shape index (κ1) is 15.8. The maximum absolute atomic E-state index is 11.9. The Hall–Kier alpha value is -1.29. The van der Waals surface area contributed by atoms with Gasteiger partial charge in [-0.3, -0.25) is 10.2 Å². The standard InChI is InChI=1S/C14H16Cl2N2O/c1-11(15)9-18(10-12(2)16)17-14(19)8-13-6-4-3-5-7-13/h3-7H,1-2,8-10H2,(H,17,19). The predicted octanol–water partition coefficient (Wildman–Crippen LogP) is 3.07. The van der Waals surface area contributed by atoms with Crippen LogP contribution in [0.5, 0.6) is 0 Å². The Balaban J connectivity index is 2.55. The summed E-state index contributed by atoms with van der Waals surface area (Å²) in [6.07, 6.45) is 0.293. The Labute approximate surface area is 123 Å². The van der Waals surface area contributed by atoms with Crippen LogP contribution in [-0.2, 0) is 11.2 Å². The van der Waals surface area contributed by atoms with Gasteiger partial charge in [0.25, 0.3) is 0 Å². The molecular formula is C14H16Cl2N2O. The van der Waals surface area contributed by atoms with Crippen molar-refractivity contribution < 1.29 is 4.79 Å². The second-order valence-electron chi connectivity index (χ2n) is 4.09. The SMILES string of the molecule is C=C(Cl)CN(CC(=C)Cl)NC(=O)Cc1ccccc1. The van der Waals surface area contributed by atoms with E-state index in [1.54, 1.807) is 5.01 Å². The molecule has 0 saturated heterocycles. The fourth-order valence-corrected chi connectivity index (χ4v) is 1.83. The number of rotatable bonds is 7. The fraction of sp³-hybridized carbons (Fsp3) is 0.214. The number of carbonyl (C=O) groups excluding carboxylic acids is 1. The third kappa shape index (κ3) is 7.01. The van der Waals surface area contributed by atoms with Gasteiger partial charge in [-0.15, -0.1) is 0 Å². The number of hydrogen-bond acceptors (Lipinski definition) is 2. The molecule has 102 valence electrons. The Bertz CT molecular complexity index is 444. The average Bonchev–Trinajstić information content (AvgIpc) is 2.27. The lowest BCUT2D eigenvalue weighted by Gasteiger charge is -2.22. The summed E-state index contributed by atoms with van der Waals surface area (Å²) in [5, 5.41) is 2.41. The van der Waals surface area contributed by atoms with Crippen molar-refractivity contribution >= 4 is 29.1 Å². The highest BCUT2D eigenvalue weighted by Crippen LogP contribution is 2.05. The van der Waals surface area contributed by atoms with Gasteiger partial charge in [0.2, 0.25) is 5.91 Å². The molecule has 0 spiro atoms. The molecule has 19 heavy (non-hydrogen) atoms. The number of nitrogens with one attached hydrogen (secondary N) is 1. The lowest BCUT2D eigenvalue weighted by atomic mass is 10.1. The monoisotopic (exact) mass is 298 g/mol. The number of benzene rings is 1. The van der Waals surface area contributed by atoms with E-state index >= 15 is 0 Å². The van der Waals surface area contributed by atoms with Crippen molar-refractivity contribution in [1.82, 2.24) is 10.4 Å². The van der Waals surface area contributed by atoms with Crippen LogP contribution in [0.2, 0.25) is 0 Å². The zero-order valence-corrected chi connectivity index (χ0v) is 12.0. The number of carbonyl (C=O) groups is 1. The Morgan fingerprint density at radius 1 is 1.11 bits per heavy atom. The Kier molecular flexibility index (Phi) is 6.64. The number of hydrogen-bond donors (Lipinski definition) is 1. The Morgan fingerprint density at radius 2 is 1.63 bits per heavy atom. The summed E-state index contributed by atoms with van der Waals surface area (Å²) in [5.41, 5.74) is 3.67. The molecule has 0 radical (unpaired) electrons. The summed E-state index contributed by atoms with van der Waals surface area (Å²) in [6.45, 7) is 7.81. The summed E-state index contributed by atoms with van der Waals surface area (Å²) in [7, 11) is 0. The van der Waals surface area contributed by atoms with Crippen LogP contribution in [0.15, 0.2) is 53.6 Å². The zero-order valence-electron chi connectivity index (χ0n) is 10.5. The van der Waals surface area contributed by atoms with Crippen molar-refractivity contribution in [2.45, 2.75) is 6.42 Å². The number of hydrazine groups is 1. The maximum Gasteiger partial charge on any atom is 0.238 e. The van der Waals surface area contributed by atoms with E-state index in [-0.39, 0.29) is 5.91 Å². The lowest BCUT2D eigenvalue weighted by molar-refractivity contribution is -0.124. The van der Waals surface area contributed by atoms with E-state index in [9.17, 15) is 4.79 Å². The molecule has 1 aromatic carbocycles. The summed E-state index contributed by atoms with van der Waals surface area (Å²) < 4.78 is 0. The van der Waals surface area contributed by atoms with Crippen LogP contribution >= 0.6 is 23.2 Å². The predicted molar refractivity (Wildman–Crippen MR) is 79.8 cm³/mol. The van der Waals surface area contributed by atoms with Gasteiger partial charge in [0.1, 0.15) is 0 Å². The average molecular weight is 299 g/mol. The van der Waals surface area contributed by atoms with Gasteiger partial charge in [0.15, 0.2) is 0 Å². The van der Waals surface area contributed by atoms with Crippen molar-refractivity contribution in [1.29, 1.82) is 0 Å². The first-order valence-electron chi connectivity index (χ1n) is 5.72. The summed E-state index contributed by atoms with van der Waals surface area (Å²) in [4.78, 5) is 11.9. The minimum atomic E-state index is -0.137. The molecule has 0 unspecified atom stereocenters. The lowest BCUT2D eigenvalue weighted by Crippen LogP contribution is -2.44. The third-order valence-corrected chi connectivity index (χ3v) is 2.45. The van der Waals surface area contributed by atoms with E-state index in [4.69, 9.17) is 23.2 Å². The fourth-order valence-electron chi connectivity index (χ4n) is 1.55. The molecule has 0 aromatic heterocycles. The van der Waals surface area contributed by atoms with Crippen LogP contribution in [0.4, 0.5) is 0 Å². The van der Waals surface area contributed by atoms with Crippen LogP contribution in [0.3, 0.4) is 0 Å². The minimum absolute atomic E-state index is 0.137. The quantitative estimate of drug-likeness (QED) is 0.785. The summed E-state index contributed by atoms with van der Waals surface area (Å²) >= 11 is 11.5. The van der Waals surface area contributed by atoms with Crippen LogP contribution in [0.1, 0.15) is 5.56 Å². The largest absolute Gasteiger partial charge is 0.288 e. The van der Waals surface area contributed by atoms with Crippen molar-refractivity contribution in [3.8, 4) is 0 Å². The molecule has 0 atom stereocenters. The molecule has 0 aliphatic heterocycles. The van der Waals surface area contributed by atoms with Crippen LogP contribution in [0, 0.1) is 0 Å².